The zero-order chi connectivity index (χ0) is 13.9. The first-order chi connectivity index (χ1) is 8.96. The van der Waals surface area contributed by atoms with E-state index in [0.29, 0.717) is 11.1 Å². The number of benzene rings is 2. The first-order valence-electron chi connectivity index (χ1n) is 5.38. The Morgan fingerprint density at radius 1 is 0.895 bits per heavy atom. The predicted molar refractivity (Wildman–Crippen MR) is 70.1 cm³/mol. The van der Waals surface area contributed by atoms with Crippen molar-refractivity contribution in [2.75, 3.05) is 0 Å². The molecule has 6 heteroatoms. The fraction of sp³-hybridized carbons (Fsp3) is 0. The lowest BCUT2D eigenvalue weighted by molar-refractivity contribution is 0.103. The van der Waals surface area contributed by atoms with Gasteiger partial charge in [0.15, 0.2) is 5.78 Å². The highest BCUT2D eigenvalue weighted by molar-refractivity contribution is 7.84. The number of carbonyl (C=O) groups is 1. The van der Waals surface area contributed by atoms with E-state index in [1.165, 1.54) is 24.3 Å². The molecule has 19 heavy (non-hydrogen) atoms. The van der Waals surface area contributed by atoms with Crippen LogP contribution in [0.5, 0.6) is 5.75 Å². The number of hydrogen-bond acceptors (Lipinski definition) is 4. The van der Waals surface area contributed by atoms with Crippen molar-refractivity contribution in [2.45, 2.75) is 0 Å². The van der Waals surface area contributed by atoms with Gasteiger partial charge in [-0.25, -0.2) is 0 Å². The molecule has 0 amide bonds. The zero-order valence-corrected chi connectivity index (χ0v) is 10.6. The molecule has 0 aliphatic carbocycles. The van der Waals surface area contributed by atoms with Gasteiger partial charge in [-0.05, 0) is 24.3 Å². The number of hydrogen-bond donors (Lipinski definition) is 1. The smallest absolute Gasteiger partial charge is 0.371 e. The van der Waals surface area contributed by atoms with Gasteiger partial charge >= 0.3 is 10.3 Å². The van der Waals surface area contributed by atoms with Crippen LogP contribution in [0.3, 0.4) is 0 Å². The zero-order valence-electron chi connectivity index (χ0n) is 9.81. The lowest BCUT2D eigenvalue weighted by atomic mass is 10.0. The fourth-order valence-electron chi connectivity index (χ4n) is 1.55. The summed E-state index contributed by atoms with van der Waals surface area (Å²) < 4.78 is 25.9. The van der Waals surface area contributed by atoms with Crippen LogP contribution >= 0.6 is 0 Å². The van der Waals surface area contributed by atoms with Gasteiger partial charge in [0.25, 0.3) is 0 Å². The van der Waals surface area contributed by atoms with E-state index in [1.807, 2.05) is 6.07 Å². The third-order valence-electron chi connectivity index (χ3n) is 2.36. The van der Waals surface area contributed by atoms with Crippen LogP contribution in [-0.4, -0.2) is 14.2 Å². The van der Waals surface area contributed by atoms with Crippen LogP contribution < -0.4 is 9.32 Å². The maximum absolute atomic E-state index is 12.1. The van der Waals surface area contributed by atoms with Crippen molar-refractivity contribution in [3.05, 3.63) is 65.7 Å². The Labute approximate surface area is 110 Å². The third kappa shape index (κ3) is 3.64. The van der Waals surface area contributed by atoms with E-state index in [-0.39, 0.29) is 11.5 Å². The standard InChI is InChI=1S/C13H11NO4S/c14-19(16,17)18-12-8-6-11(7-9-12)13(15)10-4-2-1-3-5-10/h1-9H,(H2,14,16,17). The summed E-state index contributed by atoms with van der Waals surface area (Å²) in [7, 11) is -4.05. The molecule has 5 nitrogen and oxygen atoms in total. The molecule has 0 radical (unpaired) electrons. The topological polar surface area (TPSA) is 86.5 Å². The van der Waals surface area contributed by atoms with Gasteiger partial charge in [-0.3, -0.25) is 4.79 Å². The molecule has 2 rings (SSSR count). The summed E-state index contributed by atoms with van der Waals surface area (Å²) in [6.45, 7) is 0. The summed E-state index contributed by atoms with van der Waals surface area (Å²) in [5.74, 6) is -0.0881. The molecule has 0 heterocycles. The van der Waals surface area contributed by atoms with Crippen LogP contribution in [0, 0.1) is 0 Å². The number of rotatable bonds is 4. The van der Waals surface area contributed by atoms with Crippen molar-refractivity contribution in [1.82, 2.24) is 0 Å². The molecular weight excluding hydrogens is 266 g/mol. The molecular formula is C13H11NO4S. The van der Waals surface area contributed by atoms with Gasteiger partial charge in [-0.2, -0.15) is 13.6 Å². The summed E-state index contributed by atoms with van der Waals surface area (Å²) in [4.78, 5) is 12.1. The number of nitrogens with two attached hydrogens (primary N) is 1. The highest BCUT2D eigenvalue weighted by atomic mass is 32.2. The van der Waals surface area contributed by atoms with Gasteiger partial charge in [0, 0.05) is 11.1 Å². The Morgan fingerprint density at radius 3 is 1.95 bits per heavy atom. The minimum absolute atomic E-state index is 0.0621. The Kier molecular flexibility index (Phi) is 3.64. The van der Waals surface area contributed by atoms with Crippen LogP contribution in [-0.2, 0) is 10.3 Å². The largest absolute Gasteiger partial charge is 0.380 e. The van der Waals surface area contributed by atoms with Crippen LogP contribution in [0.4, 0.5) is 0 Å². The molecule has 0 bridgehead atoms. The molecule has 0 atom stereocenters. The molecule has 98 valence electrons. The molecule has 2 N–H and O–H groups in total. The van der Waals surface area contributed by atoms with E-state index in [9.17, 15) is 13.2 Å². The van der Waals surface area contributed by atoms with Gasteiger partial charge in [-0.1, -0.05) is 30.3 Å². The minimum Gasteiger partial charge on any atom is -0.371 e. The van der Waals surface area contributed by atoms with Crippen molar-refractivity contribution in [1.29, 1.82) is 0 Å². The molecule has 0 aliphatic rings. The maximum Gasteiger partial charge on any atom is 0.380 e. The monoisotopic (exact) mass is 277 g/mol. The van der Waals surface area contributed by atoms with Crippen molar-refractivity contribution < 1.29 is 17.4 Å². The predicted octanol–water partition coefficient (Wildman–Crippen LogP) is 1.50. The second-order valence-corrected chi connectivity index (χ2v) is 4.95. The first kappa shape index (κ1) is 13.3. The van der Waals surface area contributed by atoms with Crippen LogP contribution in [0.15, 0.2) is 54.6 Å². The fourth-order valence-corrected chi connectivity index (χ4v) is 1.93. The molecule has 0 unspecified atom stereocenters. The Bertz CT molecular complexity index is 678. The molecule has 0 saturated carbocycles. The van der Waals surface area contributed by atoms with Crippen LogP contribution in [0.1, 0.15) is 15.9 Å². The lowest BCUT2D eigenvalue weighted by Crippen LogP contribution is -2.18. The quantitative estimate of drug-likeness (QED) is 0.858. The van der Waals surface area contributed by atoms with Crippen LogP contribution in [0.2, 0.25) is 0 Å². The summed E-state index contributed by atoms with van der Waals surface area (Å²) in [6, 6.07) is 14.5. The molecule has 0 aromatic heterocycles. The second kappa shape index (κ2) is 5.21. The summed E-state index contributed by atoms with van der Waals surface area (Å²) in [5.41, 5.74) is 0.996. The first-order valence-corrected chi connectivity index (χ1v) is 6.85. The lowest BCUT2D eigenvalue weighted by Gasteiger charge is -2.04. The Morgan fingerprint density at radius 2 is 1.42 bits per heavy atom. The number of carbonyl (C=O) groups excluding carboxylic acids is 1. The third-order valence-corrected chi connectivity index (χ3v) is 2.79. The van der Waals surface area contributed by atoms with E-state index in [4.69, 9.17) is 5.14 Å². The maximum atomic E-state index is 12.1. The molecule has 2 aromatic carbocycles. The average Bonchev–Trinajstić information content (AvgIpc) is 2.38. The summed E-state index contributed by atoms with van der Waals surface area (Å²) in [5, 5.41) is 4.74. The van der Waals surface area contributed by atoms with Gasteiger partial charge in [-0.15, -0.1) is 0 Å². The van der Waals surface area contributed by atoms with E-state index >= 15 is 0 Å². The summed E-state index contributed by atoms with van der Waals surface area (Å²) >= 11 is 0. The SMILES string of the molecule is NS(=O)(=O)Oc1ccc(C(=O)c2ccccc2)cc1. The highest BCUT2D eigenvalue weighted by Gasteiger charge is 2.10. The van der Waals surface area contributed by atoms with Crippen molar-refractivity contribution >= 4 is 16.1 Å². The van der Waals surface area contributed by atoms with Gasteiger partial charge < -0.3 is 4.18 Å². The Hall–Kier alpha value is -2.18. The van der Waals surface area contributed by atoms with E-state index in [2.05, 4.69) is 4.18 Å². The second-order valence-electron chi connectivity index (χ2n) is 3.80. The number of ketones is 1. The molecule has 0 fully saturated rings. The van der Waals surface area contributed by atoms with Gasteiger partial charge in [0.05, 0.1) is 0 Å². The van der Waals surface area contributed by atoms with Gasteiger partial charge in [0.1, 0.15) is 5.75 Å². The minimum atomic E-state index is -4.05. The molecule has 2 aromatic rings. The van der Waals surface area contributed by atoms with Crippen molar-refractivity contribution in [3.63, 3.8) is 0 Å². The highest BCUT2D eigenvalue weighted by Crippen LogP contribution is 2.16. The van der Waals surface area contributed by atoms with E-state index < -0.39 is 10.3 Å². The van der Waals surface area contributed by atoms with Crippen LogP contribution in [0.25, 0.3) is 0 Å². The normalized spacial score (nSPS) is 11.0. The van der Waals surface area contributed by atoms with Crippen molar-refractivity contribution in [2.24, 2.45) is 5.14 Å². The average molecular weight is 277 g/mol. The molecule has 0 aliphatic heterocycles. The Balaban J connectivity index is 2.22. The van der Waals surface area contributed by atoms with E-state index in [0.717, 1.165) is 0 Å². The molecule has 0 spiro atoms. The summed E-state index contributed by atoms with van der Waals surface area (Å²) in [6.07, 6.45) is 0. The van der Waals surface area contributed by atoms with Crippen molar-refractivity contribution in [3.8, 4) is 5.75 Å². The van der Waals surface area contributed by atoms with Gasteiger partial charge in [0.2, 0.25) is 0 Å². The van der Waals surface area contributed by atoms with E-state index in [1.54, 1.807) is 24.3 Å². The molecule has 0 saturated heterocycles.